The molecule has 1 fully saturated rings. The van der Waals surface area contributed by atoms with Gasteiger partial charge in [0.2, 0.25) is 0 Å². The van der Waals surface area contributed by atoms with E-state index < -0.39 is 6.36 Å². The Morgan fingerprint density at radius 2 is 1.83 bits per heavy atom. The summed E-state index contributed by atoms with van der Waals surface area (Å²) >= 11 is 0. The molecule has 0 saturated heterocycles. The second-order valence-corrected chi connectivity index (χ2v) is 7.06. The van der Waals surface area contributed by atoms with Gasteiger partial charge in [-0.15, -0.1) is 18.3 Å². The summed E-state index contributed by atoms with van der Waals surface area (Å²) in [6.45, 7) is 0. The largest absolute Gasteiger partial charge is 0.573 e. The lowest BCUT2D eigenvalue weighted by atomic mass is 10.1. The van der Waals surface area contributed by atoms with Gasteiger partial charge in [-0.05, 0) is 48.1 Å². The summed E-state index contributed by atoms with van der Waals surface area (Å²) in [6.07, 6.45) is -1.83. The number of esters is 1. The van der Waals surface area contributed by atoms with Crippen LogP contribution in [0.3, 0.4) is 0 Å². The van der Waals surface area contributed by atoms with E-state index in [1.165, 1.54) is 42.4 Å². The van der Waals surface area contributed by atoms with Crippen LogP contribution < -0.4 is 4.74 Å². The van der Waals surface area contributed by atoms with E-state index in [2.05, 4.69) is 14.8 Å². The number of halogens is 3. The van der Waals surface area contributed by atoms with Crippen LogP contribution in [0, 0.1) is 5.92 Å². The summed E-state index contributed by atoms with van der Waals surface area (Å²) in [5, 5.41) is 4.39. The van der Waals surface area contributed by atoms with Crippen LogP contribution in [0.25, 0.3) is 17.1 Å². The van der Waals surface area contributed by atoms with Crippen molar-refractivity contribution in [2.24, 2.45) is 5.92 Å². The Hall–Kier alpha value is -3.36. The monoisotopic (exact) mass is 417 g/mol. The number of carbonyl (C=O) groups is 1. The van der Waals surface area contributed by atoms with Crippen LogP contribution in [0.4, 0.5) is 13.2 Å². The zero-order valence-corrected chi connectivity index (χ0v) is 16.0. The van der Waals surface area contributed by atoms with Gasteiger partial charge in [-0.2, -0.15) is 0 Å². The number of aromatic nitrogens is 3. The zero-order valence-electron chi connectivity index (χ0n) is 16.0. The van der Waals surface area contributed by atoms with Gasteiger partial charge in [0.15, 0.2) is 5.82 Å². The van der Waals surface area contributed by atoms with Gasteiger partial charge < -0.3 is 9.47 Å². The maximum absolute atomic E-state index is 12.3. The van der Waals surface area contributed by atoms with Crippen molar-refractivity contribution in [2.75, 3.05) is 7.11 Å². The van der Waals surface area contributed by atoms with E-state index in [1.807, 2.05) is 24.3 Å². The summed E-state index contributed by atoms with van der Waals surface area (Å²) in [5.74, 6) is 0.699. The summed E-state index contributed by atoms with van der Waals surface area (Å²) in [4.78, 5) is 15.7. The number of methoxy groups -OCH3 is 1. The zero-order chi connectivity index (χ0) is 21.3. The van der Waals surface area contributed by atoms with Crippen molar-refractivity contribution >= 4 is 5.97 Å². The second kappa shape index (κ2) is 7.81. The summed E-state index contributed by atoms with van der Waals surface area (Å²) in [5.41, 5.74) is 2.54. The second-order valence-electron chi connectivity index (χ2n) is 7.06. The van der Waals surface area contributed by atoms with Gasteiger partial charge in [0.05, 0.1) is 12.8 Å². The van der Waals surface area contributed by atoms with Crippen LogP contribution in [-0.4, -0.2) is 34.2 Å². The van der Waals surface area contributed by atoms with Crippen LogP contribution in [0.15, 0.2) is 54.9 Å². The van der Waals surface area contributed by atoms with Gasteiger partial charge in [-0.3, -0.25) is 4.79 Å². The first kappa shape index (κ1) is 19.9. The van der Waals surface area contributed by atoms with Crippen molar-refractivity contribution in [3.05, 3.63) is 60.4 Å². The average molecular weight is 417 g/mol. The molecule has 4 rings (SSSR count). The molecule has 30 heavy (non-hydrogen) atoms. The molecular formula is C21H18F3N3O3. The Kier molecular flexibility index (Phi) is 5.19. The fraction of sp³-hybridized carbons (Fsp3) is 0.286. The number of carbonyl (C=O) groups excluding carboxylic acids is 1. The first-order valence-corrected chi connectivity index (χ1v) is 9.27. The standard InChI is InChI=1S/C21H18F3N3O3/c1-29-19(28)11-15-10-18(15)13-2-4-14(5-3-13)20-25-12-27(26-20)16-6-8-17(9-7-16)30-21(22,23)24/h2-9,12,15,18H,10-11H2,1H3. The molecule has 1 saturated carbocycles. The van der Waals surface area contributed by atoms with Crippen molar-refractivity contribution < 1.29 is 27.4 Å². The molecule has 1 aromatic heterocycles. The third-order valence-corrected chi connectivity index (χ3v) is 5.00. The normalized spacial score (nSPS) is 18.1. The molecule has 0 aliphatic heterocycles. The Morgan fingerprint density at radius 3 is 2.47 bits per heavy atom. The Morgan fingerprint density at radius 1 is 1.13 bits per heavy atom. The van der Waals surface area contributed by atoms with Crippen molar-refractivity contribution in [1.29, 1.82) is 0 Å². The Labute approximate surface area is 170 Å². The number of rotatable bonds is 6. The van der Waals surface area contributed by atoms with Crippen LogP contribution in [0.1, 0.15) is 24.3 Å². The molecule has 0 spiro atoms. The van der Waals surface area contributed by atoms with Crippen molar-refractivity contribution in [3.8, 4) is 22.8 Å². The van der Waals surface area contributed by atoms with Gasteiger partial charge in [-0.1, -0.05) is 24.3 Å². The lowest BCUT2D eigenvalue weighted by Crippen LogP contribution is -2.17. The fourth-order valence-corrected chi connectivity index (χ4v) is 3.38. The number of ether oxygens (including phenoxy) is 2. The molecule has 0 amide bonds. The van der Waals surface area contributed by atoms with Gasteiger partial charge in [0.25, 0.3) is 0 Å². The van der Waals surface area contributed by atoms with Crippen LogP contribution in [0.5, 0.6) is 5.75 Å². The number of hydrogen-bond acceptors (Lipinski definition) is 5. The first-order chi connectivity index (χ1) is 14.3. The molecule has 0 bridgehead atoms. The van der Waals surface area contributed by atoms with E-state index in [0.29, 0.717) is 29.8 Å². The van der Waals surface area contributed by atoms with Crippen molar-refractivity contribution in [3.63, 3.8) is 0 Å². The molecule has 3 aromatic rings. The van der Waals surface area contributed by atoms with Gasteiger partial charge in [0, 0.05) is 12.0 Å². The van der Waals surface area contributed by atoms with Crippen molar-refractivity contribution in [1.82, 2.24) is 14.8 Å². The minimum atomic E-state index is -4.73. The molecule has 2 atom stereocenters. The molecule has 0 radical (unpaired) electrons. The Bertz CT molecular complexity index is 1030. The lowest BCUT2D eigenvalue weighted by molar-refractivity contribution is -0.274. The highest BCUT2D eigenvalue weighted by molar-refractivity contribution is 5.70. The van der Waals surface area contributed by atoms with Gasteiger partial charge in [0.1, 0.15) is 12.1 Å². The topological polar surface area (TPSA) is 66.2 Å². The van der Waals surface area contributed by atoms with Crippen LogP contribution >= 0.6 is 0 Å². The van der Waals surface area contributed by atoms with Gasteiger partial charge in [-0.25, -0.2) is 9.67 Å². The van der Waals surface area contributed by atoms with E-state index in [1.54, 1.807) is 0 Å². The lowest BCUT2D eigenvalue weighted by Gasteiger charge is -2.09. The highest BCUT2D eigenvalue weighted by Crippen LogP contribution is 2.49. The van der Waals surface area contributed by atoms with E-state index in [-0.39, 0.29) is 11.7 Å². The van der Waals surface area contributed by atoms with E-state index in [4.69, 9.17) is 4.74 Å². The smallest absolute Gasteiger partial charge is 0.469 e. The van der Waals surface area contributed by atoms with Crippen molar-refractivity contribution in [2.45, 2.75) is 25.1 Å². The molecular weight excluding hydrogens is 399 g/mol. The maximum Gasteiger partial charge on any atom is 0.573 e. The quantitative estimate of drug-likeness (QED) is 0.553. The van der Waals surface area contributed by atoms with E-state index >= 15 is 0 Å². The first-order valence-electron chi connectivity index (χ1n) is 9.27. The molecule has 6 nitrogen and oxygen atoms in total. The number of hydrogen-bond donors (Lipinski definition) is 0. The SMILES string of the molecule is COC(=O)CC1CC1c1ccc(-c2ncn(-c3ccc(OC(F)(F)F)cc3)n2)cc1. The minimum absolute atomic E-state index is 0.188. The summed E-state index contributed by atoms with van der Waals surface area (Å²) in [7, 11) is 1.39. The fourth-order valence-electron chi connectivity index (χ4n) is 3.38. The molecule has 0 N–H and O–H groups in total. The Balaban J connectivity index is 1.42. The third kappa shape index (κ3) is 4.61. The highest BCUT2D eigenvalue weighted by Gasteiger charge is 2.39. The molecule has 2 aromatic carbocycles. The minimum Gasteiger partial charge on any atom is -0.469 e. The molecule has 9 heteroatoms. The predicted octanol–water partition coefficient (Wildman–Crippen LogP) is 4.50. The van der Waals surface area contributed by atoms with E-state index in [9.17, 15) is 18.0 Å². The molecule has 2 unspecified atom stereocenters. The molecule has 1 heterocycles. The summed E-state index contributed by atoms with van der Waals surface area (Å²) < 4.78 is 46.8. The molecule has 1 aliphatic carbocycles. The number of benzene rings is 2. The predicted molar refractivity (Wildman–Crippen MR) is 101 cm³/mol. The number of alkyl halides is 3. The summed E-state index contributed by atoms with van der Waals surface area (Å²) in [6, 6.07) is 13.2. The average Bonchev–Trinajstić information content (AvgIpc) is 3.30. The molecule has 1 aliphatic rings. The van der Waals surface area contributed by atoms with Crippen LogP contribution in [-0.2, 0) is 9.53 Å². The van der Waals surface area contributed by atoms with Gasteiger partial charge >= 0.3 is 12.3 Å². The number of nitrogens with zero attached hydrogens (tertiary/aromatic N) is 3. The maximum atomic E-state index is 12.3. The highest BCUT2D eigenvalue weighted by atomic mass is 19.4. The van der Waals surface area contributed by atoms with Crippen LogP contribution in [0.2, 0.25) is 0 Å². The third-order valence-electron chi connectivity index (χ3n) is 5.00. The van der Waals surface area contributed by atoms with E-state index in [0.717, 1.165) is 17.5 Å². The molecule has 156 valence electrons.